The molecule has 0 spiro atoms. The van der Waals surface area contributed by atoms with Crippen LogP contribution in [0.25, 0.3) is 28.1 Å². The van der Waals surface area contributed by atoms with Crippen LogP contribution in [0.4, 0.5) is 5.82 Å². The summed E-state index contributed by atoms with van der Waals surface area (Å²) in [5.74, 6) is 1.88. The number of rotatable bonds is 5. The molecule has 4 aromatic rings. The van der Waals surface area contributed by atoms with E-state index in [0.29, 0.717) is 18.3 Å². The Labute approximate surface area is 144 Å². The van der Waals surface area contributed by atoms with Crippen molar-refractivity contribution >= 4 is 22.4 Å². The summed E-state index contributed by atoms with van der Waals surface area (Å²) in [5.41, 5.74) is 2.40. The van der Waals surface area contributed by atoms with E-state index in [-0.39, 0.29) is 6.10 Å². The second kappa shape index (κ2) is 5.60. The van der Waals surface area contributed by atoms with E-state index in [2.05, 4.69) is 15.4 Å². The molecule has 1 aliphatic rings. The van der Waals surface area contributed by atoms with Crippen molar-refractivity contribution in [3.05, 3.63) is 48.7 Å². The Hall–Kier alpha value is -2.86. The fourth-order valence-corrected chi connectivity index (χ4v) is 3.10. The van der Waals surface area contributed by atoms with Gasteiger partial charge in [0.25, 0.3) is 0 Å². The molecule has 0 saturated heterocycles. The van der Waals surface area contributed by atoms with E-state index >= 15 is 0 Å². The van der Waals surface area contributed by atoms with E-state index in [9.17, 15) is 5.11 Å². The van der Waals surface area contributed by atoms with Crippen molar-refractivity contribution in [1.29, 1.82) is 0 Å². The third kappa shape index (κ3) is 2.64. The molecule has 1 fully saturated rings. The number of furan rings is 1. The highest BCUT2D eigenvalue weighted by molar-refractivity contribution is 5.82. The zero-order valence-corrected chi connectivity index (χ0v) is 13.6. The van der Waals surface area contributed by atoms with E-state index in [1.165, 1.54) is 0 Å². The predicted octanol–water partition coefficient (Wildman–Crippen LogP) is 3.33. The van der Waals surface area contributed by atoms with Gasteiger partial charge >= 0.3 is 0 Å². The van der Waals surface area contributed by atoms with Crippen LogP contribution in [-0.2, 0) is 0 Å². The number of hydrogen-bond donors (Lipinski definition) is 2. The molecule has 0 bridgehead atoms. The Balaban J connectivity index is 1.48. The highest BCUT2D eigenvalue weighted by Crippen LogP contribution is 2.32. The minimum absolute atomic E-state index is 0.310. The maximum atomic E-state index is 10.0. The highest BCUT2D eigenvalue weighted by Gasteiger charge is 2.29. The molecule has 6 heteroatoms. The van der Waals surface area contributed by atoms with Crippen LogP contribution in [0.1, 0.15) is 12.8 Å². The topological polar surface area (TPSA) is 75.6 Å². The molecular formula is C19H18N4O2. The summed E-state index contributed by atoms with van der Waals surface area (Å²) in [4.78, 5) is 4.40. The lowest BCUT2D eigenvalue weighted by Gasteiger charge is -2.11. The number of nitrogens with one attached hydrogen (secondary N) is 1. The molecule has 0 radical (unpaired) electrons. The van der Waals surface area contributed by atoms with Gasteiger partial charge in [0, 0.05) is 11.9 Å². The SMILES string of the molecule is OC(CNc1ccc2ncc(-c3cc4ccccc4o3)n2n1)C1CC1. The fourth-order valence-electron chi connectivity index (χ4n) is 3.10. The molecule has 3 heterocycles. The summed E-state index contributed by atoms with van der Waals surface area (Å²) in [7, 11) is 0. The van der Waals surface area contributed by atoms with Crippen LogP contribution in [0.15, 0.2) is 53.1 Å². The molecule has 5 rings (SSSR count). The Bertz CT molecular complexity index is 1010. The molecule has 0 amide bonds. The van der Waals surface area contributed by atoms with Crippen LogP contribution in [-0.4, -0.2) is 32.4 Å². The summed E-state index contributed by atoms with van der Waals surface area (Å²) in [6, 6.07) is 13.7. The maximum Gasteiger partial charge on any atom is 0.155 e. The average molecular weight is 334 g/mol. The van der Waals surface area contributed by atoms with Crippen LogP contribution in [0, 0.1) is 5.92 Å². The predicted molar refractivity (Wildman–Crippen MR) is 95.4 cm³/mol. The average Bonchev–Trinajstić information content (AvgIpc) is 3.27. The van der Waals surface area contributed by atoms with Gasteiger partial charge < -0.3 is 14.8 Å². The molecule has 6 nitrogen and oxygen atoms in total. The Morgan fingerprint density at radius 1 is 1.24 bits per heavy atom. The van der Waals surface area contributed by atoms with Gasteiger partial charge in [-0.05, 0) is 43.0 Å². The summed E-state index contributed by atoms with van der Waals surface area (Å²) in [6.07, 6.45) is 3.69. The molecule has 0 aliphatic heterocycles. The number of nitrogens with zero attached hydrogens (tertiary/aromatic N) is 3. The first-order valence-electron chi connectivity index (χ1n) is 8.53. The van der Waals surface area contributed by atoms with Gasteiger partial charge in [-0.1, -0.05) is 18.2 Å². The molecule has 1 aromatic carbocycles. The van der Waals surface area contributed by atoms with E-state index in [1.54, 1.807) is 10.7 Å². The lowest BCUT2D eigenvalue weighted by atomic mass is 10.2. The lowest BCUT2D eigenvalue weighted by Crippen LogP contribution is -2.22. The third-order valence-electron chi connectivity index (χ3n) is 4.70. The second-order valence-corrected chi connectivity index (χ2v) is 6.57. The van der Waals surface area contributed by atoms with Crippen LogP contribution < -0.4 is 5.32 Å². The number of anilines is 1. The van der Waals surface area contributed by atoms with Crippen LogP contribution in [0.5, 0.6) is 0 Å². The largest absolute Gasteiger partial charge is 0.454 e. The summed E-state index contributed by atoms with van der Waals surface area (Å²) >= 11 is 0. The van der Waals surface area contributed by atoms with Crippen molar-refractivity contribution in [2.45, 2.75) is 18.9 Å². The first kappa shape index (κ1) is 14.5. The van der Waals surface area contributed by atoms with Gasteiger partial charge in [-0.2, -0.15) is 0 Å². The number of imidazole rings is 1. The molecule has 126 valence electrons. The van der Waals surface area contributed by atoms with Crippen LogP contribution >= 0.6 is 0 Å². The van der Waals surface area contributed by atoms with Gasteiger partial charge in [-0.3, -0.25) is 0 Å². The first-order chi connectivity index (χ1) is 12.3. The van der Waals surface area contributed by atoms with Crippen LogP contribution in [0.3, 0.4) is 0 Å². The lowest BCUT2D eigenvalue weighted by molar-refractivity contribution is 0.164. The number of fused-ring (bicyclic) bond motifs is 2. The standard InChI is InChI=1S/C19H18N4O2/c24-15(12-5-6-12)11-20-18-7-8-19-21-10-14(23(19)22-18)17-9-13-3-1-2-4-16(13)25-17/h1-4,7-10,12,15,24H,5-6,11H2,(H,20,22). The number of hydrogen-bond acceptors (Lipinski definition) is 5. The third-order valence-corrected chi connectivity index (χ3v) is 4.70. The molecule has 1 saturated carbocycles. The van der Waals surface area contributed by atoms with Gasteiger partial charge in [-0.15, -0.1) is 5.10 Å². The highest BCUT2D eigenvalue weighted by atomic mass is 16.3. The van der Waals surface area contributed by atoms with E-state index in [0.717, 1.165) is 40.9 Å². The second-order valence-electron chi connectivity index (χ2n) is 6.57. The zero-order chi connectivity index (χ0) is 16.8. The molecule has 2 N–H and O–H groups in total. The van der Waals surface area contributed by atoms with Gasteiger partial charge in [0.1, 0.15) is 17.1 Å². The van der Waals surface area contributed by atoms with Crippen molar-refractivity contribution < 1.29 is 9.52 Å². The van der Waals surface area contributed by atoms with E-state index in [1.807, 2.05) is 42.5 Å². The number of benzene rings is 1. The van der Waals surface area contributed by atoms with Gasteiger partial charge in [0.05, 0.1) is 12.3 Å². The Morgan fingerprint density at radius 2 is 2.12 bits per heavy atom. The van der Waals surface area contributed by atoms with E-state index < -0.39 is 0 Å². The first-order valence-corrected chi connectivity index (χ1v) is 8.53. The number of aromatic nitrogens is 3. The minimum atomic E-state index is -0.310. The van der Waals surface area contributed by atoms with Crippen molar-refractivity contribution in [3.63, 3.8) is 0 Å². The number of para-hydroxylation sites is 1. The van der Waals surface area contributed by atoms with Crippen molar-refractivity contribution in [2.24, 2.45) is 5.92 Å². The molecular weight excluding hydrogens is 316 g/mol. The minimum Gasteiger partial charge on any atom is -0.454 e. The quantitative estimate of drug-likeness (QED) is 0.585. The molecule has 1 unspecified atom stereocenters. The summed E-state index contributed by atoms with van der Waals surface area (Å²) in [6.45, 7) is 0.512. The van der Waals surface area contributed by atoms with Gasteiger partial charge in [0.15, 0.2) is 11.4 Å². The number of aliphatic hydroxyl groups excluding tert-OH is 1. The monoisotopic (exact) mass is 334 g/mol. The molecule has 25 heavy (non-hydrogen) atoms. The van der Waals surface area contributed by atoms with Gasteiger partial charge in [-0.25, -0.2) is 9.50 Å². The summed E-state index contributed by atoms with van der Waals surface area (Å²) in [5, 5.41) is 18.9. The maximum absolute atomic E-state index is 10.0. The molecule has 3 aromatic heterocycles. The van der Waals surface area contributed by atoms with Crippen molar-refractivity contribution in [1.82, 2.24) is 14.6 Å². The number of aliphatic hydroxyl groups is 1. The Kier molecular flexibility index (Phi) is 3.24. The van der Waals surface area contributed by atoms with Gasteiger partial charge in [0.2, 0.25) is 0 Å². The fraction of sp³-hybridized carbons (Fsp3) is 0.263. The normalized spacial score (nSPS) is 15.7. The Morgan fingerprint density at radius 3 is 2.96 bits per heavy atom. The van der Waals surface area contributed by atoms with Crippen molar-refractivity contribution in [3.8, 4) is 11.5 Å². The van der Waals surface area contributed by atoms with Crippen LogP contribution in [0.2, 0.25) is 0 Å². The van der Waals surface area contributed by atoms with Crippen molar-refractivity contribution in [2.75, 3.05) is 11.9 Å². The molecule has 1 atom stereocenters. The van der Waals surface area contributed by atoms with E-state index in [4.69, 9.17) is 4.42 Å². The smallest absolute Gasteiger partial charge is 0.155 e. The molecule has 1 aliphatic carbocycles. The zero-order valence-electron chi connectivity index (χ0n) is 13.6. The summed E-state index contributed by atoms with van der Waals surface area (Å²) < 4.78 is 7.70.